The standard InChI is InChI=1S/C21H17ClFN3O3S/c1-3-28-18-8-12(19-15(10-24)20(27)26-21(25-19)30-2)5-7-17(18)29-11-13-4-6-14(23)9-16(13)22/h4-9H,3,11H2,1-2H3,(H,25,26,27). The van der Waals surface area contributed by atoms with E-state index in [0.29, 0.717) is 34.4 Å². The molecule has 0 amide bonds. The second kappa shape index (κ2) is 9.65. The van der Waals surface area contributed by atoms with Gasteiger partial charge in [0.15, 0.2) is 16.7 Å². The highest BCUT2D eigenvalue weighted by molar-refractivity contribution is 7.98. The molecule has 0 aliphatic carbocycles. The summed E-state index contributed by atoms with van der Waals surface area (Å²) in [4.78, 5) is 19.1. The van der Waals surface area contributed by atoms with Crippen LogP contribution >= 0.6 is 23.4 Å². The van der Waals surface area contributed by atoms with Gasteiger partial charge in [0.25, 0.3) is 5.56 Å². The van der Waals surface area contributed by atoms with Crippen LogP contribution in [0.5, 0.6) is 11.5 Å². The summed E-state index contributed by atoms with van der Waals surface area (Å²) < 4.78 is 24.7. The summed E-state index contributed by atoms with van der Waals surface area (Å²) in [6, 6.07) is 11.0. The number of aromatic amines is 1. The van der Waals surface area contributed by atoms with Crippen LogP contribution in [0.25, 0.3) is 11.3 Å². The number of nitrogens with one attached hydrogen (secondary N) is 1. The van der Waals surface area contributed by atoms with Crippen molar-refractivity contribution in [3.05, 3.63) is 68.7 Å². The summed E-state index contributed by atoms with van der Waals surface area (Å²) in [5, 5.41) is 10.1. The summed E-state index contributed by atoms with van der Waals surface area (Å²) >= 11 is 7.32. The largest absolute Gasteiger partial charge is 0.490 e. The lowest BCUT2D eigenvalue weighted by atomic mass is 10.1. The van der Waals surface area contributed by atoms with Crippen molar-refractivity contribution in [2.75, 3.05) is 12.9 Å². The number of nitriles is 1. The van der Waals surface area contributed by atoms with Gasteiger partial charge in [-0.05, 0) is 43.5 Å². The van der Waals surface area contributed by atoms with Gasteiger partial charge < -0.3 is 14.5 Å². The van der Waals surface area contributed by atoms with E-state index in [-0.39, 0.29) is 22.9 Å². The van der Waals surface area contributed by atoms with Crippen molar-refractivity contribution in [1.82, 2.24) is 9.97 Å². The first-order valence-electron chi connectivity index (χ1n) is 8.89. The molecule has 6 nitrogen and oxygen atoms in total. The molecule has 0 fully saturated rings. The van der Waals surface area contributed by atoms with E-state index in [2.05, 4.69) is 9.97 Å². The van der Waals surface area contributed by atoms with Crippen LogP contribution in [0.1, 0.15) is 18.1 Å². The summed E-state index contributed by atoms with van der Waals surface area (Å²) in [6.07, 6.45) is 1.78. The molecule has 154 valence electrons. The number of hydrogen-bond donors (Lipinski definition) is 1. The van der Waals surface area contributed by atoms with Crippen molar-refractivity contribution in [3.8, 4) is 28.8 Å². The lowest BCUT2D eigenvalue weighted by molar-refractivity contribution is 0.269. The highest BCUT2D eigenvalue weighted by atomic mass is 35.5. The van der Waals surface area contributed by atoms with Crippen LogP contribution in [0.15, 0.2) is 46.3 Å². The molecule has 1 aromatic heterocycles. The van der Waals surface area contributed by atoms with E-state index in [1.807, 2.05) is 13.0 Å². The number of halogens is 2. The fourth-order valence-electron chi connectivity index (χ4n) is 2.70. The van der Waals surface area contributed by atoms with E-state index >= 15 is 0 Å². The molecule has 0 unspecified atom stereocenters. The van der Waals surface area contributed by atoms with Crippen LogP contribution in [0.2, 0.25) is 5.02 Å². The summed E-state index contributed by atoms with van der Waals surface area (Å²) in [7, 11) is 0. The molecule has 0 aliphatic heterocycles. The Morgan fingerprint density at radius 2 is 2.03 bits per heavy atom. The first-order chi connectivity index (χ1) is 14.5. The highest BCUT2D eigenvalue weighted by Gasteiger charge is 2.16. The number of hydrogen-bond acceptors (Lipinski definition) is 6. The van der Waals surface area contributed by atoms with Gasteiger partial charge in [0.05, 0.1) is 17.3 Å². The van der Waals surface area contributed by atoms with Crippen molar-refractivity contribution in [3.63, 3.8) is 0 Å². The molecule has 2 aromatic carbocycles. The van der Waals surface area contributed by atoms with E-state index < -0.39 is 11.4 Å². The topological polar surface area (TPSA) is 88.0 Å². The highest BCUT2D eigenvalue weighted by Crippen LogP contribution is 2.34. The predicted molar refractivity (Wildman–Crippen MR) is 114 cm³/mol. The Bertz CT molecular complexity index is 1180. The van der Waals surface area contributed by atoms with E-state index in [9.17, 15) is 14.4 Å². The average molecular weight is 446 g/mol. The molecule has 0 radical (unpaired) electrons. The molecule has 0 saturated heterocycles. The molecule has 30 heavy (non-hydrogen) atoms. The van der Waals surface area contributed by atoms with Gasteiger partial charge in [-0.25, -0.2) is 9.37 Å². The number of nitrogens with zero attached hydrogens (tertiary/aromatic N) is 2. The maximum atomic E-state index is 13.2. The average Bonchev–Trinajstić information content (AvgIpc) is 2.73. The molecule has 1 heterocycles. The number of ether oxygens (including phenoxy) is 2. The minimum Gasteiger partial charge on any atom is -0.490 e. The number of aromatic nitrogens is 2. The van der Waals surface area contributed by atoms with Gasteiger partial charge in [-0.15, -0.1) is 0 Å². The molecule has 0 atom stereocenters. The molecule has 0 bridgehead atoms. The zero-order chi connectivity index (χ0) is 21.7. The molecular formula is C21H17ClFN3O3S. The van der Waals surface area contributed by atoms with Crippen molar-refractivity contribution < 1.29 is 13.9 Å². The molecule has 9 heteroatoms. The normalized spacial score (nSPS) is 10.5. The zero-order valence-electron chi connectivity index (χ0n) is 16.2. The predicted octanol–water partition coefficient (Wildman–Crippen LogP) is 4.80. The third-order valence-electron chi connectivity index (χ3n) is 4.12. The first-order valence-corrected chi connectivity index (χ1v) is 10.5. The Hall–Kier alpha value is -3.02. The van der Waals surface area contributed by atoms with Gasteiger partial charge in [-0.2, -0.15) is 5.26 Å². The van der Waals surface area contributed by atoms with Crippen molar-refractivity contribution in [2.45, 2.75) is 18.7 Å². The lowest BCUT2D eigenvalue weighted by Crippen LogP contribution is -2.14. The van der Waals surface area contributed by atoms with E-state index in [1.54, 1.807) is 30.5 Å². The monoisotopic (exact) mass is 445 g/mol. The minimum absolute atomic E-state index is 0.0815. The second-order valence-electron chi connectivity index (χ2n) is 6.03. The third kappa shape index (κ3) is 4.75. The number of benzene rings is 2. The SMILES string of the molecule is CCOc1cc(-c2nc(SC)[nH]c(=O)c2C#N)ccc1OCc1ccc(F)cc1Cl. The number of H-pyrrole nitrogens is 1. The fourth-order valence-corrected chi connectivity index (χ4v) is 3.30. The van der Waals surface area contributed by atoms with Gasteiger partial charge >= 0.3 is 0 Å². The van der Waals surface area contributed by atoms with Gasteiger partial charge in [-0.3, -0.25) is 4.79 Å². The van der Waals surface area contributed by atoms with Gasteiger partial charge in [0.1, 0.15) is 24.1 Å². The number of thioether (sulfide) groups is 1. The van der Waals surface area contributed by atoms with Crippen LogP contribution in [0, 0.1) is 17.1 Å². The number of rotatable bonds is 7. The Labute approximate surface area is 181 Å². The zero-order valence-corrected chi connectivity index (χ0v) is 17.7. The minimum atomic E-state index is -0.504. The molecule has 3 rings (SSSR count). The Morgan fingerprint density at radius 3 is 2.70 bits per heavy atom. The maximum absolute atomic E-state index is 13.2. The Morgan fingerprint density at radius 1 is 1.23 bits per heavy atom. The van der Waals surface area contributed by atoms with Crippen LogP contribution < -0.4 is 15.0 Å². The van der Waals surface area contributed by atoms with Gasteiger partial charge in [-0.1, -0.05) is 29.4 Å². The molecule has 3 aromatic rings. The Kier molecular flexibility index (Phi) is 6.98. The fraction of sp³-hybridized carbons (Fsp3) is 0.190. The third-order valence-corrected chi connectivity index (χ3v) is 5.05. The van der Waals surface area contributed by atoms with Crippen LogP contribution in [-0.4, -0.2) is 22.8 Å². The van der Waals surface area contributed by atoms with E-state index in [1.165, 1.54) is 23.9 Å². The smallest absolute Gasteiger partial charge is 0.270 e. The van der Waals surface area contributed by atoms with E-state index in [4.69, 9.17) is 21.1 Å². The molecule has 0 aliphatic rings. The summed E-state index contributed by atoms with van der Waals surface area (Å²) in [6.45, 7) is 2.31. The van der Waals surface area contributed by atoms with Crippen molar-refractivity contribution >= 4 is 23.4 Å². The van der Waals surface area contributed by atoms with Crippen LogP contribution in [0.3, 0.4) is 0 Å². The van der Waals surface area contributed by atoms with E-state index in [0.717, 1.165) is 0 Å². The molecular weight excluding hydrogens is 429 g/mol. The molecule has 0 spiro atoms. The molecule has 1 N–H and O–H groups in total. The second-order valence-corrected chi connectivity index (χ2v) is 7.23. The lowest BCUT2D eigenvalue weighted by Gasteiger charge is -2.14. The quantitative estimate of drug-likeness (QED) is 0.415. The Balaban J connectivity index is 1.97. The van der Waals surface area contributed by atoms with Crippen molar-refractivity contribution in [1.29, 1.82) is 5.26 Å². The van der Waals surface area contributed by atoms with Crippen LogP contribution in [-0.2, 0) is 6.61 Å². The van der Waals surface area contributed by atoms with Gasteiger partial charge in [0, 0.05) is 11.1 Å². The van der Waals surface area contributed by atoms with Crippen molar-refractivity contribution in [2.24, 2.45) is 0 Å². The van der Waals surface area contributed by atoms with Gasteiger partial charge in [0.2, 0.25) is 0 Å². The maximum Gasteiger partial charge on any atom is 0.270 e. The molecule has 0 saturated carbocycles. The first kappa shape index (κ1) is 21.7. The van der Waals surface area contributed by atoms with Crippen LogP contribution in [0.4, 0.5) is 4.39 Å². The summed E-state index contributed by atoms with van der Waals surface area (Å²) in [5.41, 5.74) is 0.846. The summed E-state index contributed by atoms with van der Waals surface area (Å²) in [5.74, 6) is 0.436.